The molecule has 1 N–H and O–H groups in total. The maximum absolute atomic E-state index is 12.3. The van der Waals surface area contributed by atoms with Gasteiger partial charge in [0.25, 0.3) is 5.91 Å². The maximum atomic E-state index is 12.3. The Hall–Kier alpha value is -2.79. The van der Waals surface area contributed by atoms with Crippen LogP contribution in [0.1, 0.15) is 55.8 Å². The van der Waals surface area contributed by atoms with Crippen LogP contribution in [0.15, 0.2) is 60.7 Å². The number of hydrogen-bond donors (Lipinski definition) is 1. The molecule has 0 radical (unpaired) electrons. The third-order valence-electron chi connectivity index (χ3n) is 4.61. The Morgan fingerprint density at radius 2 is 1.45 bits per heavy atom. The minimum Gasteiger partial charge on any atom is -0.494 e. The van der Waals surface area contributed by atoms with Gasteiger partial charge < -0.3 is 14.8 Å². The van der Waals surface area contributed by atoms with E-state index in [1.807, 2.05) is 12.1 Å². The molecule has 0 bridgehead atoms. The summed E-state index contributed by atoms with van der Waals surface area (Å²) < 4.78 is 10.8. The van der Waals surface area contributed by atoms with Crippen molar-refractivity contribution in [3.8, 4) is 5.75 Å². The normalized spacial score (nSPS) is 10.4. The summed E-state index contributed by atoms with van der Waals surface area (Å²) in [5.74, 6) is 0.262. The van der Waals surface area contributed by atoms with E-state index in [-0.39, 0.29) is 11.9 Å². The molecule has 0 aliphatic heterocycles. The fourth-order valence-electron chi connectivity index (χ4n) is 2.83. The first-order valence-electron chi connectivity index (χ1n) is 10.6. The Labute approximate surface area is 189 Å². The third-order valence-corrected chi connectivity index (χ3v) is 4.86. The fourth-order valence-corrected chi connectivity index (χ4v) is 2.95. The molecule has 0 aliphatic rings. The second-order valence-electron chi connectivity index (χ2n) is 7.37. The average Bonchev–Trinajstić information content (AvgIpc) is 2.76. The minimum absolute atomic E-state index is 0.178. The van der Waals surface area contributed by atoms with Gasteiger partial charge in [-0.3, -0.25) is 4.79 Å². The van der Waals surface area contributed by atoms with E-state index in [9.17, 15) is 9.59 Å². The summed E-state index contributed by atoms with van der Waals surface area (Å²) >= 11 is 5.85. The van der Waals surface area contributed by atoms with Gasteiger partial charge >= 0.3 is 5.97 Å². The first kappa shape index (κ1) is 24.5. The van der Waals surface area contributed by atoms with Crippen LogP contribution in [-0.2, 0) is 9.53 Å². The summed E-state index contributed by atoms with van der Waals surface area (Å²) in [6.07, 6.45) is 6.23. The molecule has 2 aromatic carbocycles. The van der Waals surface area contributed by atoms with Crippen molar-refractivity contribution in [2.45, 2.75) is 45.4 Å². The molecule has 0 unspecified atom stereocenters. The van der Waals surface area contributed by atoms with Gasteiger partial charge in [-0.25, -0.2) is 4.79 Å². The minimum atomic E-state index is -0.313. The van der Waals surface area contributed by atoms with E-state index in [2.05, 4.69) is 11.9 Å². The molecule has 0 fully saturated rings. The number of halogens is 1. The predicted molar refractivity (Wildman–Crippen MR) is 125 cm³/mol. The molecule has 2 rings (SSSR count). The van der Waals surface area contributed by atoms with Gasteiger partial charge in [-0.2, -0.15) is 0 Å². The number of benzene rings is 2. The van der Waals surface area contributed by atoms with E-state index in [4.69, 9.17) is 21.1 Å². The zero-order valence-corrected chi connectivity index (χ0v) is 18.7. The number of unbranched alkanes of at least 4 members (excludes halogenated alkanes) is 5. The number of anilines is 1. The molecule has 0 atom stereocenters. The molecule has 5 nitrogen and oxygen atoms in total. The highest BCUT2D eigenvalue weighted by Crippen LogP contribution is 2.17. The number of amides is 1. The van der Waals surface area contributed by atoms with E-state index < -0.39 is 0 Å². The third kappa shape index (κ3) is 9.71. The molecule has 31 heavy (non-hydrogen) atoms. The van der Waals surface area contributed by atoms with Gasteiger partial charge in [0.1, 0.15) is 5.75 Å². The van der Waals surface area contributed by atoms with E-state index in [1.54, 1.807) is 43.3 Å². The van der Waals surface area contributed by atoms with Crippen LogP contribution in [-0.4, -0.2) is 25.1 Å². The average molecular weight is 444 g/mol. The second kappa shape index (κ2) is 13.5. The Balaban J connectivity index is 1.55. The van der Waals surface area contributed by atoms with Crippen molar-refractivity contribution in [2.75, 3.05) is 18.5 Å². The summed E-state index contributed by atoms with van der Waals surface area (Å²) in [5, 5.41) is 3.46. The van der Waals surface area contributed by atoms with Crippen LogP contribution < -0.4 is 10.1 Å². The molecule has 1 amide bonds. The van der Waals surface area contributed by atoms with Crippen LogP contribution in [0.2, 0.25) is 5.02 Å². The Morgan fingerprint density at radius 1 is 0.871 bits per heavy atom. The van der Waals surface area contributed by atoms with Crippen LogP contribution in [0.3, 0.4) is 0 Å². The molecule has 2 aromatic rings. The number of carbonyl (C=O) groups is 2. The Bertz CT molecular complexity index is 847. The van der Waals surface area contributed by atoms with Crippen LogP contribution in [0.25, 0.3) is 0 Å². The van der Waals surface area contributed by atoms with Gasteiger partial charge in [0.05, 0.1) is 13.2 Å². The van der Waals surface area contributed by atoms with E-state index in [0.29, 0.717) is 35.1 Å². The van der Waals surface area contributed by atoms with E-state index in [0.717, 1.165) is 44.3 Å². The van der Waals surface area contributed by atoms with Gasteiger partial charge in [0, 0.05) is 21.8 Å². The lowest BCUT2D eigenvalue weighted by molar-refractivity contribution is -0.139. The molecule has 0 aliphatic carbocycles. The first-order valence-corrected chi connectivity index (χ1v) is 11.0. The highest BCUT2D eigenvalue weighted by atomic mass is 35.5. The van der Waals surface area contributed by atoms with E-state index >= 15 is 0 Å². The monoisotopic (exact) mass is 443 g/mol. The van der Waals surface area contributed by atoms with Crippen LogP contribution in [0, 0.1) is 0 Å². The lowest BCUT2D eigenvalue weighted by atomic mass is 10.1. The largest absolute Gasteiger partial charge is 0.494 e. The number of rotatable bonds is 13. The molecule has 0 saturated heterocycles. The van der Waals surface area contributed by atoms with Gasteiger partial charge in [-0.05, 0) is 68.3 Å². The second-order valence-corrected chi connectivity index (χ2v) is 7.81. The van der Waals surface area contributed by atoms with Gasteiger partial charge in [-0.15, -0.1) is 0 Å². The van der Waals surface area contributed by atoms with Gasteiger partial charge in [-0.1, -0.05) is 43.9 Å². The van der Waals surface area contributed by atoms with Crippen molar-refractivity contribution < 1.29 is 19.1 Å². The van der Waals surface area contributed by atoms with Crippen molar-refractivity contribution in [3.63, 3.8) is 0 Å². The molecule has 166 valence electrons. The van der Waals surface area contributed by atoms with E-state index in [1.165, 1.54) is 0 Å². The zero-order valence-electron chi connectivity index (χ0n) is 18.0. The quantitative estimate of drug-likeness (QED) is 0.220. The maximum Gasteiger partial charge on any atom is 0.333 e. The Kier molecular flexibility index (Phi) is 10.7. The van der Waals surface area contributed by atoms with Crippen molar-refractivity contribution in [1.29, 1.82) is 0 Å². The summed E-state index contributed by atoms with van der Waals surface area (Å²) in [6, 6.07) is 14.1. The highest BCUT2D eigenvalue weighted by Gasteiger charge is 2.06. The molecule has 0 saturated carbocycles. The zero-order chi connectivity index (χ0) is 22.5. The topological polar surface area (TPSA) is 64.6 Å². The molecule has 0 aromatic heterocycles. The number of esters is 1. The SMILES string of the molecule is C=C(C)C(=O)OCCCCCCCCOc1ccc(C(=O)Nc2ccc(Cl)cc2)cc1. The van der Waals surface area contributed by atoms with Crippen LogP contribution in [0.4, 0.5) is 5.69 Å². The van der Waals surface area contributed by atoms with Crippen LogP contribution >= 0.6 is 11.6 Å². The summed E-state index contributed by atoms with van der Waals surface area (Å²) in [7, 11) is 0. The van der Waals surface area contributed by atoms with Gasteiger partial charge in [0.2, 0.25) is 0 Å². The predicted octanol–water partition coefficient (Wildman–Crippen LogP) is 6.43. The highest BCUT2D eigenvalue weighted by molar-refractivity contribution is 6.30. The van der Waals surface area contributed by atoms with Gasteiger partial charge in [0.15, 0.2) is 0 Å². The molecule has 0 spiro atoms. The molecular formula is C25H30ClNO4. The van der Waals surface area contributed by atoms with Crippen LogP contribution in [0.5, 0.6) is 5.75 Å². The number of hydrogen-bond acceptors (Lipinski definition) is 4. The number of ether oxygens (including phenoxy) is 2. The summed E-state index contributed by atoms with van der Waals surface area (Å²) in [6.45, 7) is 6.31. The van der Waals surface area contributed by atoms with Crippen molar-refractivity contribution in [3.05, 3.63) is 71.3 Å². The van der Waals surface area contributed by atoms with Crippen molar-refractivity contribution in [2.24, 2.45) is 0 Å². The molecule has 6 heteroatoms. The fraction of sp³-hybridized carbons (Fsp3) is 0.360. The lowest BCUT2D eigenvalue weighted by Gasteiger charge is -2.08. The first-order chi connectivity index (χ1) is 15.0. The molecular weight excluding hydrogens is 414 g/mol. The van der Waals surface area contributed by atoms with Crippen molar-refractivity contribution in [1.82, 2.24) is 0 Å². The number of nitrogens with one attached hydrogen (secondary N) is 1. The smallest absolute Gasteiger partial charge is 0.333 e. The number of carbonyl (C=O) groups excluding carboxylic acids is 2. The standard InChI is InChI=1S/C25H30ClNO4/c1-19(2)25(29)31-18-8-6-4-3-5-7-17-30-23-15-9-20(10-16-23)24(28)27-22-13-11-21(26)12-14-22/h9-16H,1,3-8,17-18H2,2H3,(H,27,28). The molecule has 0 heterocycles. The lowest BCUT2D eigenvalue weighted by Crippen LogP contribution is -2.11. The van der Waals surface area contributed by atoms with Crippen molar-refractivity contribution >= 4 is 29.2 Å². The summed E-state index contributed by atoms with van der Waals surface area (Å²) in [5.41, 5.74) is 1.70. The summed E-state index contributed by atoms with van der Waals surface area (Å²) in [4.78, 5) is 23.5. The Morgan fingerprint density at radius 3 is 2.06 bits per heavy atom.